The highest BCUT2D eigenvalue weighted by atomic mass is 32.1. The van der Waals surface area contributed by atoms with E-state index in [1.165, 1.54) is 10.4 Å². The monoisotopic (exact) mass is 385 g/mol. The van der Waals surface area contributed by atoms with Crippen LogP contribution in [0.2, 0.25) is 0 Å². The molecule has 2 N–H and O–H groups in total. The number of fused-ring (bicyclic) bond motifs is 1. The molecule has 0 bridgehead atoms. The number of rotatable bonds is 5. The SMILES string of the molecule is O=C(CN1CCc2sccc2C1)Nc1ccc(NC(=O)C2CCCO2)cc1. The van der Waals surface area contributed by atoms with E-state index in [9.17, 15) is 9.59 Å². The molecule has 1 aromatic carbocycles. The molecular weight excluding hydrogens is 362 g/mol. The molecule has 2 aromatic rings. The summed E-state index contributed by atoms with van der Waals surface area (Å²) < 4.78 is 5.38. The zero-order valence-corrected chi connectivity index (χ0v) is 15.9. The van der Waals surface area contributed by atoms with E-state index in [4.69, 9.17) is 4.74 Å². The maximum Gasteiger partial charge on any atom is 0.253 e. The largest absolute Gasteiger partial charge is 0.368 e. The Morgan fingerprint density at radius 3 is 2.67 bits per heavy atom. The van der Waals surface area contributed by atoms with Crippen LogP contribution in [0.15, 0.2) is 35.7 Å². The third-order valence-corrected chi connectivity index (χ3v) is 5.94. The van der Waals surface area contributed by atoms with Crippen LogP contribution in [0.1, 0.15) is 23.3 Å². The third-order valence-electron chi connectivity index (χ3n) is 4.91. The van der Waals surface area contributed by atoms with Crippen LogP contribution in [0.3, 0.4) is 0 Å². The van der Waals surface area contributed by atoms with Gasteiger partial charge in [0.15, 0.2) is 0 Å². The Balaban J connectivity index is 1.27. The standard InChI is InChI=1S/C20H23N3O3S/c24-19(13-23-9-7-18-14(12-23)8-11-27-18)21-15-3-5-16(6-4-15)22-20(25)17-2-1-10-26-17/h3-6,8,11,17H,1-2,7,9-10,12-13H2,(H,21,24)(H,22,25). The van der Waals surface area contributed by atoms with E-state index in [0.717, 1.165) is 38.0 Å². The van der Waals surface area contributed by atoms with E-state index in [0.29, 0.717) is 18.8 Å². The maximum atomic E-state index is 12.3. The number of nitrogens with one attached hydrogen (secondary N) is 2. The van der Waals surface area contributed by atoms with E-state index in [2.05, 4.69) is 27.0 Å². The first-order chi connectivity index (χ1) is 13.2. The fourth-order valence-corrected chi connectivity index (χ4v) is 4.38. The van der Waals surface area contributed by atoms with Crippen LogP contribution in [-0.4, -0.2) is 42.5 Å². The second-order valence-electron chi connectivity index (χ2n) is 6.95. The molecule has 1 fully saturated rings. The molecule has 6 nitrogen and oxygen atoms in total. The molecule has 0 spiro atoms. The number of thiophene rings is 1. The first kappa shape index (κ1) is 18.2. The fourth-order valence-electron chi connectivity index (χ4n) is 3.49. The lowest BCUT2D eigenvalue weighted by Gasteiger charge is -2.26. The molecule has 27 heavy (non-hydrogen) atoms. The molecule has 142 valence electrons. The van der Waals surface area contributed by atoms with Crippen molar-refractivity contribution >= 4 is 34.5 Å². The Morgan fingerprint density at radius 2 is 1.93 bits per heavy atom. The number of nitrogens with zero attached hydrogens (tertiary/aromatic N) is 1. The van der Waals surface area contributed by atoms with Crippen LogP contribution in [0, 0.1) is 0 Å². The van der Waals surface area contributed by atoms with E-state index >= 15 is 0 Å². The second-order valence-corrected chi connectivity index (χ2v) is 7.95. The Labute approximate surface area is 162 Å². The Bertz CT molecular complexity index is 812. The van der Waals surface area contributed by atoms with Gasteiger partial charge in [-0.05, 0) is 60.5 Å². The van der Waals surface area contributed by atoms with Crippen molar-refractivity contribution in [2.75, 3.05) is 30.3 Å². The van der Waals surface area contributed by atoms with Gasteiger partial charge in [-0.2, -0.15) is 0 Å². The van der Waals surface area contributed by atoms with Crippen LogP contribution in [0.5, 0.6) is 0 Å². The van der Waals surface area contributed by atoms with Crippen LogP contribution >= 0.6 is 11.3 Å². The van der Waals surface area contributed by atoms with Gasteiger partial charge in [-0.1, -0.05) is 0 Å². The van der Waals surface area contributed by atoms with Gasteiger partial charge in [0, 0.05) is 35.9 Å². The normalized spacial score (nSPS) is 19.5. The van der Waals surface area contributed by atoms with E-state index in [1.54, 1.807) is 35.6 Å². The predicted octanol–water partition coefficient (Wildman–Crippen LogP) is 2.86. The number of anilines is 2. The summed E-state index contributed by atoms with van der Waals surface area (Å²) in [6.45, 7) is 2.77. The maximum absolute atomic E-state index is 12.3. The van der Waals surface area contributed by atoms with Gasteiger partial charge < -0.3 is 15.4 Å². The Kier molecular flexibility index (Phi) is 5.52. The number of ether oxygens (including phenoxy) is 1. The van der Waals surface area contributed by atoms with Crippen molar-refractivity contribution in [3.05, 3.63) is 46.2 Å². The lowest BCUT2D eigenvalue weighted by molar-refractivity contribution is -0.124. The van der Waals surface area contributed by atoms with Crippen LogP contribution in [0.25, 0.3) is 0 Å². The second kappa shape index (κ2) is 8.21. The van der Waals surface area contributed by atoms with Crippen LogP contribution in [-0.2, 0) is 27.3 Å². The van der Waals surface area contributed by atoms with Gasteiger partial charge in [-0.3, -0.25) is 14.5 Å². The topological polar surface area (TPSA) is 70.7 Å². The molecule has 1 aromatic heterocycles. The molecule has 7 heteroatoms. The minimum atomic E-state index is -0.349. The summed E-state index contributed by atoms with van der Waals surface area (Å²) in [5.41, 5.74) is 2.77. The van der Waals surface area contributed by atoms with Gasteiger partial charge in [0.1, 0.15) is 6.10 Å². The molecular formula is C20H23N3O3S. The molecule has 3 heterocycles. The number of carbonyl (C=O) groups excluding carboxylic acids is 2. The van der Waals surface area contributed by atoms with E-state index in [-0.39, 0.29) is 17.9 Å². The zero-order chi connectivity index (χ0) is 18.6. The number of benzene rings is 1. The number of hydrogen-bond acceptors (Lipinski definition) is 5. The predicted molar refractivity (Wildman–Crippen MR) is 106 cm³/mol. The molecule has 2 amide bonds. The summed E-state index contributed by atoms with van der Waals surface area (Å²) in [4.78, 5) is 28.0. The molecule has 0 radical (unpaired) electrons. The van der Waals surface area contributed by atoms with Crippen molar-refractivity contribution in [3.8, 4) is 0 Å². The van der Waals surface area contributed by atoms with Crippen molar-refractivity contribution in [3.63, 3.8) is 0 Å². The summed E-state index contributed by atoms with van der Waals surface area (Å²) in [7, 11) is 0. The van der Waals surface area contributed by atoms with Crippen LogP contribution < -0.4 is 10.6 Å². The van der Waals surface area contributed by atoms with Gasteiger partial charge in [0.05, 0.1) is 6.54 Å². The molecule has 0 saturated carbocycles. The van der Waals surface area contributed by atoms with Crippen molar-refractivity contribution in [1.29, 1.82) is 0 Å². The van der Waals surface area contributed by atoms with E-state index < -0.39 is 0 Å². The van der Waals surface area contributed by atoms with Crippen molar-refractivity contribution < 1.29 is 14.3 Å². The molecule has 2 aliphatic rings. The lowest BCUT2D eigenvalue weighted by Crippen LogP contribution is -2.36. The van der Waals surface area contributed by atoms with Gasteiger partial charge in [0.25, 0.3) is 5.91 Å². The molecule has 1 unspecified atom stereocenters. The quantitative estimate of drug-likeness (QED) is 0.830. The number of hydrogen-bond donors (Lipinski definition) is 2. The molecule has 1 saturated heterocycles. The average molecular weight is 385 g/mol. The lowest BCUT2D eigenvalue weighted by atomic mass is 10.1. The summed E-state index contributed by atoms with van der Waals surface area (Å²) in [6.07, 6.45) is 2.36. The summed E-state index contributed by atoms with van der Waals surface area (Å²) in [5.74, 6) is -0.132. The minimum absolute atomic E-state index is 0.0233. The summed E-state index contributed by atoms with van der Waals surface area (Å²) >= 11 is 1.80. The Hall–Kier alpha value is -2.22. The van der Waals surface area contributed by atoms with Crippen molar-refractivity contribution in [1.82, 2.24) is 4.90 Å². The minimum Gasteiger partial charge on any atom is -0.368 e. The summed E-state index contributed by atoms with van der Waals surface area (Å²) in [6, 6.07) is 9.34. The van der Waals surface area contributed by atoms with Gasteiger partial charge in [-0.25, -0.2) is 0 Å². The van der Waals surface area contributed by atoms with Gasteiger partial charge >= 0.3 is 0 Å². The zero-order valence-electron chi connectivity index (χ0n) is 15.1. The first-order valence-corrected chi connectivity index (χ1v) is 10.2. The molecule has 2 aliphatic heterocycles. The molecule has 1 atom stereocenters. The highest BCUT2D eigenvalue weighted by Crippen LogP contribution is 2.24. The third kappa shape index (κ3) is 4.55. The van der Waals surface area contributed by atoms with Gasteiger partial charge in [-0.15, -0.1) is 11.3 Å². The molecule has 0 aliphatic carbocycles. The van der Waals surface area contributed by atoms with Crippen LogP contribution in [0.4, 0.5) is 11.4 Å². The highest BCUT2D eigenvalue weighted by Gasteiger charge is 2.23. The number of amides is 2. The van der Waals surface area contributed by atoms with E-state index in [1.807, 2.05) is 0 Å². The molecule has 4 rings (SSSR count). The highest BCUT2D eigenvalue weighted by molar-refractivity contribution is 7.10. The van der Waals surface area contributed by atoms with Crippen molar-refractivity contribution in [2.24, 2.45) is 0 Å². The fraction of sp³-hybridized carbons (Fsp3) is 0.400. The number of carbonyl (C=O) groups is 2. The van der Waals surface area contributed by atoms with Crippen molar-refractivity contribution in [2.45, 2.75) is 31.9 Å². The Morgan fingerprint density at radius 1 is 1.15 bits per heavy atom. The smallest absolute Gasteiger partial charge is 0.253 e. The summed E-state index contributed by atoms with van der Waals surface area (Å²) in [5, 5.41) is 7.90. The average Bonchev–Trinajstić information content (AvgIpc) is 3.34. The van der Waals surface area contributed by atoms with Gasteiger partial charge in [0.2, 0.25) is 5.91 Å². The first-order valence-electron chi connectivity index (χ1n) is 9.27.